The van der Waals surface area contributed by atoms with E-state index in [1.54, 1.807) is 48.5 Å². The molecule has 4 rings (SSSR count). The molecule has 0 fully saturated rings. The SMILES string of the molecule is O=S1(=O)NC(=NCc2ccc(S(=O)(=O)c3ccccc3)cc2)Nc2ccncc21. The fourth-order valence-corrected chi connectivity index (χ4v) is 5.15. The highest BCUT2D eigenvalue weighted by molar-refractivity contribution is 7.91. The molecule has 0 radical (unpaired) electrons. The molecule has 1 aliphatic heterocycles. The van der Waals surface area contributed by atoms with Crippen LogP contribution in [0.4, 0.5) is 5.69 Å². The zero-order valence-electron chi connectivity index (χ0n) is 15.0. The number of aliphatic imine (C=N–C) groups is 1. The molecule has 1 aromatic heterocycles. The van der Waals surface area contributed by atoms with E-state index < -0.39 is 19.9 Å². The summed E-state index contributed by atoms with van der Waals surface area (Å²) in [5.41, 5.74) is 1.12. The summed E-state index contributed by atoms with van der Waals surface area (Å²) >= 11 is 0. The van der Waals surface area contributed by atoms with E-state index in [0.717, 1.165) is 5.56 Å². The first-order valence-electron chi connectivity index (χ1n) is 8.54. The molecule has 3 aromatic rings. The maximum atomic E-state index is 12.6. The Balaban J connectivity index is 1.53. The molecule has 0 saturated heterocycles. The lowest BCUT2D eigenvalue weighted by molar-refractivity contribution is 0.590. The number of pyridine rings is 1. The Kier molecular flexibility index (Phi) is 4.81. The number of rotatable bonds is 4. The third kappa shape index (κ3) is 3.84. The average molecular weight is 428 g/mol. The first-order chi connectivity index (χ1) is 13.9. The minimum Gasteiger partial charge on any atom is -0.324 e. The van der Waals surface area contributed by atoms with Gasteiger partial charge in [0.2, 0.25) is 15.8 Å². The van der Waals surface area contributed by atoms with E-state index in [4.69, 9.17) is 0 Å². The minimum absolute atomic E-state index is 0.0504. The molecule has 2 N–H and O–H groups in total. The van der Waals surface area contributed by atoms with Gasteiger partial charge in [-0.15, -0.1) is 0 Å². The largest absolute Gasteiger partial charge is 0.324 e. The van der Waals surface area contributed by atoms with Gasteiger partial charge >= 0.3 is 0 Å². The summed E-state index contributed by atoms with van der Waals surface area (Å²) in [6.07, 6.45) is 2.74. The smallest absolute Gasteiger partial charge is 0.267 e. The summed E-state index contributed by atoms with van der Waals surface area (Å²) in [4.78, 5) is 8.51. The van der Waals surface area contributed by atoms with Crippen molar-refractivity contribution in [3.8, 4) is 0 Å². The molecule has 0 spiro atoms. The second-order valence-corrected chi connectivity index (χ2v) is 9.83. The van der Waals surface area contributed by atoms with E-state index in [0.29, 0.717) is 5.69 Å². The van der Waals surface area contributed by atoms with Crippen LogP contribution in [0.25, 0.3) is 0 Å². The molecule has 10 heteroatoms. The van der Waals surface area contributed by atoms with E-state index in [2.05, 4.69) is 20.0 Å². The maximum absolute atomic E-state index is 12.6. The minimum atomic E-state index is -3.74. The Morgan fingerprint density at radius 1 is 0.931 bits per heavy atom. The summed E-state index contributed by atoms with van der Waals surface area (Å²) in [6.45, 7) is 0.164. The zero-order chi connectivity index (χ0) is 20.5. The standard InChI is InChI=1S/C19H16N4O4S2/c24-28(25,15-4-2-1-3-5-15)16-8-6-14(7-9-16)12-21-19-22-17-10-11-20-13-18(17)29(26,27)23-19/h1-11,13H,12H2,(H2,21,22,23). The number of nitrogens with zero attached hydrogens (tertiary/aromatic N) is 2. The molecule has 1 aliphatic rings. The quantitative estimate of drug-likeness (QED) is 0.658. The summed E-state index contributed by atoms with van der Waals surface area (Å²) in [5.74, 6) is 0.0877. The van der Waals surface area contributed by atoms with Crippen LogP contribution < -0.4 is 10.0 Å². The van der Waals surface area contributed by atoms with Crippen LogP contribution in [0.3, 0.4) is 0 Å². The van der Waals surface area contributed by atoms with Crippen molar-refractivity contribution in [2.45, 2.75) is 21.2 Å². The molecule has 29 heavy (non-hydrogen) atoms. The number of hydrogen-bond acceptors (Lipinski definition) is 6. The molecular weight excluding hydrogens is 412 g/mol. The lowest BCUT2D eigenvalue weighted by Crippen LogP contribution is -2.40. The van der Waals surface area contributed by atoms with Crippen LogP contribution in [0.2, 0.25) is 0 Å². The lowest BCUT2D eigenvalue weighted by atomic mass is 10.2. The Labute approximate surface area is 168 Å². The summed E-state index contributed by atoms with van der Waals surface area (Å²) in [7, 11) is -7.32. The highest BCUT2D eigenvalue weighted by Gasteiger charge is 2.26. The number of sulfone groups is 1. The lowest BCUT2D eigenvalue weighted by Gasteiger charge is -2.20. The van der Waals surface area contributed by atoms with Crippen molar-refractivity contribution in [2.75, 3.05) is 5.32 Å². The molecule has 0 atom stereocenters. The number of sulfonamides is 1. The Morgan fingerprint density at radius 3 is 2.34 bits per heavy atom. The zero-order valence-corrected chi connectivity index (χ0v) is 16.6. The molecule has 0 amide bonds. The van der Waals surface area contributed by atoms with Crippen molar-refractivity contribution < 1.29 is 16.8 Å². The monoisotopic (exact) mass is 428 g/mol. The van der Waals surface area contributed by atoms with Crippen LogP contribution in [0, 0.1) is 0 Å². The molecule has 0 unspecified atom stereocenters. The Morgan fingerprint density at radius 2 is 1.62 bits per heavy atom. The van der Waals surface area contributed by atoms with Crippen LogP contribution in [-0.4, -0.2) is 27.8 Å². The van der Waals surface area contributed by atoms with Crippen molar-refractivity contribution in [1.82, 2.24) is 9.71 Å². The Bertz CT molecular complexity index is 1290. The number of nitrogens with one attached hydrogen (secondary N) is 2. The van der Waals surface area contributed by atoms with Gasteiger partial charge in [-0.05, 0) is 35.9 Å². The molecule has 0 saturated carbocycles. The third-order valence-electron chi connectivity index (χ3n) is 4.27. The average Bonchev–Trinajstić information content (AvgIpc) is 2.73. The van der Waals surface area contributed by atoms with Gasteiger partial charge in [0.15, 0.2) is 0 Å². The van der Waals surface area contributed by atoms with Crippen LogP contribution in [0.1, 0.15) is 5.56 Å². The number of aromatic nitrogens is 1. The van der Waals surface area contributed by atoms with Crippen LogP contribution in [-0.2, 0) is 26.4 Å². The van der Waals surface area contributed by atoms with E-state index >= 15 is 0 Å². The number of anilines is 1. The molecule has 0 aliphatic carbocycles. The molecule has 2 aromatic carbocycles. The highest BCUT2D eigenvalue weighted by atomic mass is 32.2. The fraction of sp³-hybridized carbons (Fsp3) is 0.0526. The van der Waals surface area contributed by atoms with Crippen LogP contribution in [0.5, 0.6) is 0 Å². The van der Waals surface area contributed by atoms with E-state index in [1.807, 2.05) is 0 Å². The van der Waals surface area contributed by atoms with E-state index in [-0.39, 0.29) is 27.2 Å². The Hall–Kier alpha value is -3.24. The van der Waals surface area contributed by atoms with Crippen LogP contribution >= 0.6 is 0 Å². The number of benzene rings is 2. The summed E-state index contributed by atoms with van der Waals surface area (Å²) < 4.78 is 52.1. The molecule has 148 valence electrons. The second-order valence-electron chi connectivity index (χ2n) is 6.23. The van der Waals surface area contributed by atoms with Crippen LogP contribution in [0.15, 0.2) is 92.7 Å². The van der Waals surface area contributed by atoms with Crippen molar-refractivity contribution in [3.05, 3.63) is 78.6 Å². The highest BCUT2D eigenvalue weighted by Crippen LogP contribution is 2.23. The van der Waals surface area contributed by atoms with Gasteiger partial charge < -0.3 is 5.32 Å². The van der Waals surface area contributed by atoms with Crippen molar-refractivity contribution in [2.24, 2.45) is 4.99 Å². The van der Waals surface area contributed by atoms with Crippen molar-refractivity contribution >= 4 is 31.5 Å². The second kappa shape index (κ2) is 7.30. The summed E-state index contributed by atoms with van der Waals surface area (Å²) in [5, 5.41) is 2.90. The number of fused-ring (bicyclic) bond motifs is 1. The molecule has 8 nitrogen and oxygen atoms in total. The van der Waals surface area contributed by atoms with Gasteiger partial charge in [0, 0.05) is 12.4 Å². The van der Waals surface area contributed by atoms with Gasteiger partial charge in [-0.1, -0.05) is 30.3 Å². The maximum Gasteiger partial charge on any atom is 0.267 e. The third-order valence-corrected chi connectivity index (χ3v) is 7.42. The van der Waals surface area contributed by atoms with Crippen molar-refractivity contribution in [3.63, 3.8) is 0 Å². The topological polar surface area (TPSA) is 118 Å². The van der Waals surface area contributed by atoms with Gasteiger partial charge in [0.25, 0.3) is 10.0 Å². The van der Waals surface area contributed by atoms with Gasteiger partial charge in [0.05, 0.1) is 22.0 Å². The number of hydrogen-bond donors (Lipinski definition) is 2. The molecule has 2 heterocycles. The molecular formula is C19H16N4O4S2. The summed E-state index contributed by atoms with van der Waals surface area (Å²) in [6, 6.07) is 16.1. The first kappa shape index (κ1) is 19.1. The van der Waals surface area contributed by atoms with E-state index in [1.165, 1.54) is 24.5 Å². The van der Waals surface area contributed by atoms with Crippen molar-refractivity contribution in [1.29, 1.82) is 0 Å². The molecule has 0 bridgehead atoms. The predicted molar refractivity (Wildman–Crippen MR) is 108 cm³/mol. The first-order valence-corrected chi connectivity index (χ1v) is 11.5. The van der Waals surface area contributed by atoms with Gasteiger partial charge in [-0.25, -0.2) is 26.6 Å². The normalized spacial score (nSPS) is 16.5. The number of guanidine groups is 1. The van der Waals surface area contributed by atoms with E-state index in [9.17, 15) is 16.8 Å². The van der Waals surface area contributed by atoms with Gasteiger partial charge in [0.1, 0.15) is 4.90 Å². The fourth-order valence-electron chi connectivity index (χ4n) is 2.78. The van der Waals surface area contributed by atoms with Gasteiger partial charge in [-0.3, -0.25) is 4.98 Å². The van der Waals surface area contributed by atoms with Gasteiger partial charge in [-0.2, -0.15) is 0 Å². The predicted octanol–water partition coefficient (Wildman–Crippen LogP) is 2.17.